The molecule has 0 radical (unpaired) electrons. The lowest BCUT2D eigenvalue weighted by Crippen LogP contribution is -1.96. The summed E-state index contributed by atoms with van der Waals surface area (Å²) in [6.07, 6.45) is 0. The van der Waals surface area contributed by atoms with Gasteiger partial charge in [-0.2, -0.15) is 0 Å². The van der Waals surface area contributed by atoms with E-state index in [0.717, 1.165) is 0 Å². The summed E-state index contributed by atoms with van der Waals surface area (Å²) in [5, 5.41) is 13.0. The van der Waals surface area contributed by atoms with Crippen LogP contribution in [0.4, 0.5) is 5.69 Å². The molecule has 74 valence electrons. The van der Waals surface area contributed by atoms with Crippen LogP contribution in [-0.2, 0) is 0 Å². The van der Waals surface area contributed by atoms with E-state index >= 15 is 0 Å². The Hall–Kier alpha value is -2.46. The van der Waals surface area contributed by atoms with E-state index in [0.29, 0.717) is 11.1 Å². The number of hydrogen-bond donors (Lipinski definition) is 1. The summed E-state index contributed by atoms with van der Waals surface area (Å²) in [7, 11) is 0. The summed E-state index contributed by atoms with van der Waals surface area (Å²) < 4.78 is 4.79. The quantitative estimate of drug-likeness (QED) is 0.333. The second kappa shape index (κ2) is 3.36. The van der Waals surface area contributed by atoms with Gasteiger partial charge in [-0.15, -0.1) is 0 Å². The van der Waals surface area contributed by atoms with Crippen LogP contribution in [0.15, 0.2) is 38.6 Å². The molecule has 0 atom stereocenters. The predicted octanol–water partition coefficient (Wildman–Crippen LogP) is 2.44. The molecule has 1 heterocycles. The maximum Gasteiger partial charge on any atom is 0.378 e. The molecule has 0 aliphatic carbocycles. The first-order valence-electron chi connectivity index (χ1n) is 4.02. The number of rotatable bonds is 1. The van der Waals surface area contributed by atoms with Crippen LogP contribution in [0.2, 0.25) is 0 Å². The number of azide groups is 1. The van der Waals surface area contributed by atoms with Gasteiger partial charge in [0.2, 0.25) is 5.75 Å². The third-order valence-corrected chi connectivity index (χ3v) is 1.86. The first-order chi connectivity index (χ1) is 7.20. The standard InChI is InChI=1S/C9H5N3O3/c10-12-11-6-2-1-5-3-7(13)9(14)15-8(5)4-6/h1-4,13H. The maximum absolute atomic E-state index is 11.0. The van der Waals surface area contributed by atoms with Crippen LogP contribution in [0.3, 0.4) is 0 Å². The third kappa shape index (κ3) is 1.61. The van der Waals surface area contributed by atoms with E-state index in [1.54, 1.807) is 12.1 Å². The molecule has 2 aromatic rings. The molecule has 1 aromatic heterocycles. The Labute approximate surface area is 83.0 Å². The van der Waals surface area contributed by atoms with E-state index in [1.807, 2.05) is 0 Å². The minimum absolute atomic E-state index is 0.266. The highest BCUT2D eigenvalue weighted by atomic mass is 16.4. The van der Waals surface area contributed by atoms with Crippen LogP contribution in [-0.4, -0.2) is 5.11 Å². The van der Waals surface area contributed by atoms with Crippen LogP contribution >= 0.6 is 0 Å². The fraction of sp³-hybridized carbons (Fsp3) is 0. The Morgan fingerprint density at radius 2 is 2.20 bits per heavy atom. The smallest absolute Gasteiger partial charge is 0.378 e. The minimum atomic E-state index is -0.819. The molecule has 0 spiro atoms. The molecule has 0 aliphatic heterocycles. The summed E-state index contributed by atoms with van der Waals surface area (Å²) in [4.78, 5) is 13.6. The van der Waals surface area contributed by atoms with Gasteiger partial charge in [0.1, 0.15) is 5.58 Å². The molecule has 0 bridgehead atoms. The van der Waals surface area contributed by atoms with E-state index in [2.05, 4.69) is 10.0 Å². The fourth-order valence-corrected chi connectivity index (χ4v) is 1.20. The van der Waals surface area contributed by atoms with Gasteiger partial charge in [0.05, 0.1) is 0 Å². The highest BCUT2D eigenvalue weighted by Crippen LogP contribution is 2.22. The van der Waals surface area contributed by atoms with Crippen LogP contribution in [0.25, 0.3) is 21.4 Å². The van der Waals surface area contributed by atoms with Crippen molar-refractivity contribution in [3.05, 3.63) is 45.1 Å². The molecule has 0 unspecified atom stereocenters. The molecule has 15 heavy (non-hydrogen) atoms. The summed E-state index contributed by atoms with van der Waals surface area (Å²) >= 11 is 0. The van der Waals surface area contributed by atoms with Gasteiger partial charge < -0.3 is 9.52 Å². The number of fused-ring (bicyclic) bond motifs is 1. The Kier molecular flexibility index (Phi) is 2.04. The van der Waals surface area contributed by atoms with Crippen molar-refractivity contribution in [2.75, 3.05) is 0 Å². The molecule has 6 heteroatoms. The van der Waals surface area contributed by atoms with Crippen molar-refractivity contribution >= 4 is 16.7 Å². The topological polar surface area (TPSA) is 99.2 Å². The average molecular weight is 203 g/mol. The van der Waals surface area contributed by atoms with Gasteiger partial charge in [-0.25, -0.2) is 4.79 Å². The number of nitrogens with zero attached hydrogens (tertiary/aromatic N) is 3. The largest absolute Gasteiger partial charge is 0.502 e. The van der Waals surface area contributed by atoms with Gasteiger partial charge in [-0.3, -0.25) is 0 Å². The van der Waals surface area contributed by atoms with Gasteiger partial charge in [0.25, 0.3) is 0 Å². The summed E-state index contributed by atoms with van der Waals surface area (Å²) in [5.41, 5.74) is 8.01. The van der Waals surface area contributed by atoms with E-state index in [-0.39, 0.29) is 5.58 Å². The molecule has 2 rings (SSSR count). The number of hydrogen-bond acceptors (Lipinski definition) is 4. The molecular weight excluding hydrogens is 198 g/mol. The van der Waals surface area contributed by atoms with Crippen LogP contribution < -0.4 is 5.63 Å². The first kappa shape index (κ1) is 9.11. The second-order valence-corrected chi connectivity index (χ2v) is 2.83. The van der Waals surface area contributed by atoms with Gasteiger partial charge in [0, 0.05) is 16.0 Å². The highest BCUT2D eigenvalue weighted by Gasteiger charge is 2.03. The Morgan fingerprint density at radius 1 is 1.40 bits per heavy atom. The van der Waals surface area contributed by atoms with Gasteiger partial charge in [-0.05, 0) is 17.7 Å². The van der Waals surface area contributed by atoms with E-state index < -0.39 is 11.4 Å². The molecular formula is C9H5N3O3. The van der Waals surface area contributed by atoms with Crippen molar-refractivity contribution in [1.29, 1.82) is 0 Å². The van der Waals surface area contributed by atoms with E-state index in [4.69, 9.17) is 15.1 Å². The van der Waals surface area contributed by atoms with Crippen molar-refractivity contribution in [3.63, 3.8) is 0 Å². The first-order valence-corrected chi connectivity index (χ1v) is 4.02. The normalized spacial score (nSPS) is 9.87. The maximum atomic E-state index is 11.0. The zero-order valence-corrected chi connectivity index (χ0v) is 7.41. The zero-order chi connectivity index (χ0) is 10.8. The fourth-order valence-electron chi connectivity index (χ4n) is 1.20. The van der Waals surface area contributed by atoms with E-state index in [1.165, 1.54) is 12.1 Å². The Bertz CT molecular complexity index is 626. The van der Waals surface area contributed by atoms with Crippen molar-refractivity contribution in [1.82, 2.24) is 0 Å². The molecule has 0 aliphatic rings. The Balaban J connectivity index is 2.77. The van der Waals surface area contributed by atoms with Crippen molar-refractivity contribution in [3.8, 4) is 5.75 Å². The third-order valence-electron chi connectivity index (χ3n) is 1.86. The molecule has 1 aromatic carbocycles. The van der Waals surface area contributed by atoms with Gasteiger partial charge in [0.15, 0.2) is 0 Å². The molecule has 0 fully saturated rings. The van der Waals surface area contributed by atoms with Crippen LogP contribution in [0.5, 0.6) is 5.75 Å². The van der Waals surface area contributed by atoms with Crippen molar-refractivity contribution in [2.45, 2.75) is 0 Å². The van der Waals surface area contributed by atoms with Crippen molar-refractivity contribution < 1.29 is 9.52 Å². The van der Waals surface area contributed by atoms with Crippen molar-refractivity contribution in [2.24, 2.45) is 5.11 Å². The van der Waals surface area contributed by atoms with Gasteiger partial charge in [-0.1, -0.05) is 17.2 Å². The van der Waals surface area contributed by atoms with Crippen LogP contribution in [0, 0.1) is 0 Å². The molecule has 0 amide bonds. The summed E-state index contributed by atoms with van der Waals surface area (Å²) in [6, 6.07) is 5.86. The summed E-state index contributed by atoms with van der Waals surface area (Å²) in [5.74, 6) is -0.445. The molecule has 1 N–H and O–H groups in total. The zero-order valence-electron chi connectivity index (χ0n) is 7.41. The van der Waals surface area contributed by atoms with Crippen LogP contribution in [0.1, 0.15) is 0 Å². The minimum Gasteiger partial charge on any atom is -0.502 e. The lowest BCUT2D eigenvalue weighted by Gasteiger charge is -1.97. The highest BCUT2D eigenvalue weighted by molar-refractivity contribution is 5.80. The summed E-state index contributed by atoms with van der Waals surface area (Å²) in [6.45, 7) is 0. The Morgan fingerprint density at radius 3 is 2.93 bits per heavy atom. The lowest BCUT2D eigenvalue weighted by atomic mass is 10.2. The molecule has 6 nitrogen and oxygen atoms in total. The number of aromatic hydroxyl groups is 1. The predicted molar refractivity (Wildman–Crippen MR) is 53.0 cm³/mol. The monoisotopic (exact) mass is 203 g/mol. The molecule has 0 saturated heterocycles. The van der Waals surface area contributed by atoms with Gasteiger partial charge >= 0.3 is 5.63 Å². The van der Waals surface area contributed by atoms with E-state index in [9.17, 15) is 4.79 Å². The molecule has 0 saturated carbocycles. The lowest BCUT2D eigenvalue weighted by molar-refractivity contribution is 0.428. The average Bonchev–Trinajstić information content (AvgIpc) is 2.21. The number of benzene rings is 1. The SMILES string of the molecule is [N-]=[N+]=Nc1ccc2cc(O)c(=O)oc2c1. The second-order valence-electron chi connectivity index (χ2n) is 2.83.